The summed E-state index contributed by atoms with van der Waals surface area (Å²) in [5, 5.41) is 7.64. The zero-order chi connectivity index (χ0) is 19.3. The van der Waals surface area contributed by atoms with Crippen molar-refractivity contribution in [3.63, 3.8) is 0 Å². The molecule has 7 heteroatoms. The fourth-order valence-electron chi connectivity index (χ4n) is 3.07. The lowest BCUT2D eigenvalue weighted by Gasteiger charge is -2.12. The summed E-state index contributed by atoms with van der Waals surface area (Å²) in [7, 11) is 0. The Morgan fingerprint density at radius 3 is 2.71 bits per heavy atom. The highest BCUT2D eigenvalue weighted by Gasteiger charge is 2.15. The molecule has 1 atom stereocenters. The number of H-pyrrole nitrogens is 1. The lowest BCUT2D eigenvalue weighted by atomic mass is 10.1. The Morgan fingerprint density at radius 1 is 1.14 bits per heavy atom. The van der Waals surface area contributed by atoms with Gasteiger partial charge in [0.2, 0.25) is 0 Å². The summed E-state index contributed by atoms with van der Waals surface area (Å²) in [5.41, 5.74) is 5.03. The van der Waals surface area contributed by atoms with Crippen LogP contribution in [0.3, 0.4) is 0 Å². The Bertz CT molecular complexity index is 1000. The van der Waals surface area contributed by atoms with Crippen molar-refractivity contribution in [3.05, 3.63) is 72.7 Å². The van der Waals surface area contributed by atoms with Crippen LogP contribution in [-0.2, 0) is 13.1 Å². The van der Waals surface area contributed by atoms with Crippen molar-refractivity contribution >= 4 is 0 Å². The third kappa shape index (κ3) is 4.15. The van der Waals surface area contributed by atoms with Crippen LogP contribution >= 0.6 is 0 Å². The number of nitrogens with zero attached hydrogens (tertiary/aromatic N) is 5. The van der Waals surface area contributed by atoms with Crippen molar-refractivity contribution < 1.29 is 0 Å². The van der Waals surface area contributed by atoms with E-state index in [1.807, 2.05) is 22.9 Å². The molecule has 0 amide bonds. The summed E-state index contributed by atoms with van der Waals surface area (Å²) < 4.78 is 1.82. The van der Waals surface area contributed by atoms with Crippen molar-refractivity contribution in [2.75, 3.05) is 0 Å². The van der Waals surface area contributed by atoms with Gasteiger partial charge in [-0.05, 0) is 26.0 Å². The lowest BCUT2D eigenvalue weighted by Crippen LogP contribution is -2.30. The Morgan fingerprint density at radius 2 is 2.00 bits per heavy atom. The Balaban J connectivity index is 1.57. The van der Waals surface area contributed by atoms with Gasteiger partial charge in [-0.2, -0.15) is 5.10 Å². The number of aryl methyl sites for hydroxylation is 1. The molecule has 0 bridgehead atoms. The monoisotopic (exact) mass is 373 g/mol. The first-order valence-corrected chi connectivity index (χ1v) is 9.32. The molecule has 0 radical (unpaired) electrons. The van der Waals surface area contributed by atoms with Gasteiger partial charge in [0.1, 0.15) is 18.5 Å². The molecule has 3 heterocycles. The van der Waals surface area contributed by atoms with Gasteiger partial charge < -0.3 is 10.3 Å². The number of nitrogens with one attached hydrogen (secondary N) is 2. The molecule has 4 aromatic rings. The predicted molar refractivity (Wildman–Crippen MR) is 108 cm³/mol. The Hall–Kier alpha value is -3.32. The minimum Gasteiger partial charge on any atom is -0.339 e. The maximum atomic E-state index is 4.86. The van der Waals surface area contributed by atoms with E-state index in [0.29, 0.717) is 6.54 Å². The highest BCUT2D eigenvalue weighted by molar-refractivity contribution is 5.76. The molecule has 0 saturated carbocycles. The van der Waals surface area contributed by atoms with E-state index in [-0.39, 0.29) is 6.04 Å². The summed E-state index contributed by atoms with van der Waals surface area (Å²) in [4.78, 5) is 16.8. The van der Waals surface area contributed by atoms with E-state index in [2.05, 4.69) is 63.5 Å². The summed E-state index contributed by atoms with van der Waals surface area (Å²) in [6, 6.07) is 14.5. The minimum atomic E-state index is 0.230. The molecule has 0 fully saturated rings. The van der Waals surface area contributed by atoms with E-state index >= 15 is 0 Å². The van der Waals surface area contributed by atoms with Gasteiger partial charge in [-0.15, -0.1) is 0 Å². The minimum absolute atomic E-state index is 0.230. The number of pyridine rings is 1. The number of aromatic nitrogens is 6. The molecule has 7 nitrogen and oxygen atoms in total. The van der Waals surface area contributed by atoms with E-state index in [1.54, 1.807) is 18.9 Å². The van der Waals surface area contributed by atoms with Gasteiger partial charge in [-0.1, -0.05) is 35.9 Å². The first kappa shape index (κ1) is 18.1. The quantitative estimate of drug-likeness (QED) is 0.520. The molecule has 2 N–H and O–H groups in total. The maximum Gasteiger partial charge on any atom is 0.137 e. The molecule has 1 aromatic carbocycles. The molecular formula is C21H23N7. The van der Waals surface area contributed by atoms with Crippen LogP contribution in [-0.4, -0.2) is 35.8 Å². The van der Waals surface area contributed by atoms with Gasteiger partial charge in [-0.3, -0.25) is 9.67 Å². The largest absolute Gasteiger partial charge is 0.339 e. The van der Waals surface area contributed by atoms with Crippen LogP contribution in [0, 0.1) is 6.92 Å². The van der Waals surface area contributed by atoms with Gasteiger partial charge in [0.25, 0.3) is 0 Å². The number of hydrogen-bond acceptors (Lipinski definition) is 5. The lowest BCUT2D eigenvalue weighted by molar-refractivity contribution is 0.446. The van der Waals surface area contributed by atoms with Crippen LogP contribution in [0.1, 0.15) is 18.3 Å². The second kappa shape index (κ2) is 8.14. The standard InChI is InChI=1S/C21H23N7/c1-15-6-8-17(9-7-15)20-21(18-5-3-4-10-23-18)27-19(26-20)11-24-16(2)12-28-14-22-13-25-28/h3-10,13-14,16,24H,11-12H2,1-2H3,(H,26,27)/t16-/m0/s1. The first-order valence-electron chi connectivity index (χ1n) is 9.32. The molecule has 0 unspecified atom stereocenters. The van der Waals surface area contributed by atoms with Crippen molar-refractivity contribution in [2.24, 2.45) is 0 Å². The third-order valence-electron chi connectivity index (χ3n) is 4.54. The molecule has 0 aliphatic heterocycles. The second-order valence-corrected chi connectivity index (χ2v) is 6.89. The zero-order valence-corrected chi connectivity index (χ0v) is 16.0. The van der Waals surface area contributed by atoms with E-state index in [0.717, 1.165) is 35.0 Å². The van der Waals surface area contributed by atoms with Crippen molar-refractivity contribution in [1.82, 2.24) is 35.0 Å². The highest BCUT2D eigenvalue weighted by atomic mass is 15.3. The molecule has 0 aliphatic carbocycles. The summed E-state index contributed by atoms with van der Waals surface area (Å²) in [6.07, 6.45) is 5.07. The molecule has 0 saturated heterocycles. The number of aromatic amines is 1. The van der Waals surface area contributed by atoms with Gasteiger partial charge in [0.05, 0.1) is 30.2 Å². The molecule has 28 heavy (non-hydrogen) atoms. The zero-order valence-electron chi connectivity index (χ0n) is 16.0. The van der Waals surface area contributed by atoms with Crippen molar-refractivity contribution in [2.45, 2.75) is 33.0 Å². The number of imidazole rings is 1. The van der Waals surface area contributed by atoms with Crippen LogP contribution in [0.15, 0.2) is 61.3 Å². The van der Waals surface area contributed by atoms with Crippen molar-refractivity contribution in [3.8, 4) is 22.6 Å². The molecule has 142 valence electrons. The van der Waals surface area contributed by atoms with E-state index < -0.39 is 0 Å². The van der Waals surface area contributed by atoms with Gasteiger partial charge in [0, 0.05) is 17.8 Å². The average Bonchev–Trinajstić information content (AvgIpc) is 3.38. The second-order valence-electron chi connectivity index (χ2n) is 6.89. The van der Waals surface area contributed by atoms with Crippen LogP contribution < -0.4 is 5.32 Å². The number of rotatable bonds is 7. The van der Waals surface area contributed by atoms with Crippen molar-refractivity contribution in [1.29, 1.82) is 0 Å². The first-order chi connectivity index (χ1) is 13.7. The Kier molecular flexibility index (Phi) is 5.25. The topological polar surface area (TPSA) is 84.3 Å². The highest BCUT2D eigenvalue weighted by Crippen LogP contribution is 2.29. The maximum absolute atomic E-state index is 4.86. The predicted octanol–water partition coefficient (Wildman–Crippen LogP) is 3.22. The fraction of sp³-hybridized carbons (Fsp3) is 0.238. The summed E-state index contributed by atoms with van der Waals surface area (Å²) >= 11 is 0. The molecule has 4 rings (SSSR count). The summed E-state index contributed by atoms with van der Waals surface area (Å²) in [6.45, 7) is 5.57. The van der Waals surface area contributed by atoms with Crippen LogP contribution in [0.25, 0.3) is 22.6 Å². The smallest absolute Gasteiger partial charge is 0.137 e. The third-order valence-corrected chi connectivity index (χ3v) is 4.54. The van der Waals surface area contributed by atoms with E-state index in [4.69, 9.17) is 4.98 Å². The normalized spacial score (nSPS) is 12.2. The Labute approximate surface area is 163 Å². The molecule has 0 spiro atoms. The average molecular weight is 373 g/mol. The van der Waals surface area contributed by atoms with E-state index in [9.17, 15) is 0 Å². The molecule has 0 aliphatic rings. The van der Waals surface area contributed by atoms with Crippen LogP contribution in [0.2, 0.25) is 0 Å². The van der Waals surface area contributed by atoms with Crippen LogP contribution in [0.5, 0.6) is 0 Å². The van der Waals surface area contributed by atoms with Gasteiger partial charge in [-0.25, -0.2) is 9.97 Å². The number of hydrogen-bond donors (Lipinski definition) is 2. The van der Waals surface area contributed by atoms with E-state index in [1.165, 1.54) is 5.56 Å². The number of benzene rings is 1. The molecular weight excluding hydrogens is 350 g/mol. The molecule has 3 aromatic heterocycles. The van der Waals surface area contributed by atoms with Gasteiger partial charge >= 0.3 is 0 Å². The SMILES string of the molecule is Cc1ccc(-c2nc(CN[C@@H](C)Cn3cncn3)[nH]c2-c2ccccn2)cc1. The van der Waals surface area contributed by atoms with Gasteiger partial charge in [0.15, 0.2) is 0 Å². The summed E-state index contributed by atoms with van der Waals surface area (Å²) in [5.74, 6) is 0.877. The fourth-order valence-corrected chi connectivity index (χ4v) is 3.07. The van der Waals surface area contributed by atoms with Crippen LogP contribution in [0.4, 0.5) is 0 Å².